The van der Waals surface area contributed by atoms with E-state index in [4.69, 9.17) is 4.89 Å². The zero-order valence-electron chi connectivity index (χ0n) is 8.26. The summed E-state index contributed by atoms with van der Waals surface area (Å²) in [7, 11) is -4.76. The normalized spacial score (nSPS) is 14.9. The summed E-state index contributed by atoms with van der Waals surface area (Å²) in [5.41, 5.74) is 1.05. The molecule has 0 saturated carbocycles. The van der Waals surface area contributed by atoms with Crippen molar-refractivity contribution in [3.05, 3.63) is 23.0 Å². The molecule has 1 rings (SSSR count). The van der Waals surface area contributed by atoms with E-state index in [1.165, 1.54) is 6.20 Å². The summed E-state index contributed by atoms with van der Waals surface area (Å²) in [6, 6.07) is 0. The van der Waals surface area contributed by atoms with Crippen molar-refractivity contribution < 1.29 is 24.0 Å². The second-order valence-corrected chi connectivity index (χ2v) is 4.26. The van der Waals surface area contributed by atoms with Crippen LogP contribution in [0.5, 0.6) is 5.75 Å². The molecule has 1 atom stereocenters. The molecule has 1 aromatic heterocycles. The lowest BCUT2D eigenvalue weighted by atomic mass is 10.1. The SMILES string of the molecule is Cc1ncc(COP(=O)([O-])O)c(C)c1[O-]. The van der Waals surface area contributed by atoms with Crippen molar-refractivity contribution in [3.63, 3.8) is 0 Å². The van der Waals surface area contributed by atoms with Gasteiger partial charge in [-0.2, -0.15) is 0 Å². The molecular weight excluding hydrogens is 221 g/mol. The average molecular weight is 231 g/mol. The highest BCUT2D eigenvalue weighted by Gasteiger charge is 2.06. The lowest BCUT2D eigenvalue weighted by Crippen LogP contribution is -2.07. The van der Waals surface area contributed by atoms with Crippen LogP contribution in [0.4, 0.5) is 0 Å². The minimum atomic E-state index is -4.76. The zero-order valence-corrected chi connectivity index (χ0v) is 9.15. The van der Waals surface area contributed by atoms with Crippen LogP contribution in [0, 0.1) is 13.8 Å². The summed E-state index contributed by atoms with van der Waals surface area (Å²) < 4.78 is 14.5. The van der Waals surface area contributed by atoms with Crippen LogP contribution >= 0.6 is 7.82 Å². The number of aryl methyl sites for hydroxylation is 1. The second kappa shape index (κ2) is 4.28. The van der Waals surface area contributed by atoms with Crippen molar-refractivity contribution in [2.24, 2.45) is 0 Å². The molecule has 1 unspecified atom stereocenters. The Morgan fingerprint density at radius 3 is 2.73 bits per heavy atom. The van der Waals surface area contributed by atoms with Crippen LogP contribution in [0.2, 0.25) is 0 Å². The van der Waals surface area contributed by atoms with E-state index in [9.17, 15) is 14.6 Å². The molecule has 0 saturated heterocycles. The second-order valence-electron chi connectivity index (χ2n) is 3.06. The maximum atomic E-state index is 11.4. The minimum Gasteiger partial charge on any atom is -0.871 e. The summed E-state index contributed by atoms with van der Waals surface area (Å²) in [4.78, 5) is 22.5. The van der Waals surface area contributed by atoms with Gasteiger partial charge >= 0.3 is 0 Å². The Labute approximate surface area is 86.8 Å². The van der Waals surface area contributed by atoms with Crippen LogP contribution in [-0.2, 0) is 15.7 Å². The molecule has 7 heteroatoms. The molecule has 1 heterocycles. The van der Waals surface area contributed by atoms with Crippen molar-refractivity contribution in [1.29, 1.82) is 0 Å². The smallest absolute Gasteiger partial charge is 0.265 e. The first kappa shape index (κ1) is 12.1. The van der Waals surface area contributed by atoms with Crippen LogP contribution in [0.15, 0.2) is 6.20 Å². The number of hydrogen-bond donors (Lipinski definition) is 1. The van der Waals surface area contributed by atoms with E-state index >= 15 is 0 Å². The first-order valence-corrected chi connectivity index (χ1v) is 5.61. The number of pyridine rings is 1. The Morgan fingerprint density at radius 1 is 1.60 bits per heavy atom. The van der Waals surface area contributed by atoms with Crippen LogP contribution in [0.25, 0.3) is 0 Å². The summed E-state index contributed by atoms with van der Waals surface area (Å²) in [6.45, 7) is 2.72. The Hall–Kier alpha value is -0.940. The summed E-state index contributed by atoms with van der Waals surface area (Å²) in [6.07, 6.45) is 1.35. The quantitative estimate of drug-likeness (QED) is 0.719. The largest absolute Gasteiger partial charge is 0.871 e. The molecule has 0 aliphatic carbocycles. The standard InChI is InChI=1S/C8H12NO5P/c1-5-7(4-14-15(11,12)13)3-9-6(2)8(5)10/h3,10H,4H2,1-2H3,(H2,11,12,13)/p-2. The highest BCUT2D eigenvalue weighted by atomic mass is 31.2. The molecule has 0 spiro atoms. The van der Waals surface area contributed by atoms with Gasteiger partial charge in [-0.1, -0.05) is 11.3 Å². The number of rotatable bonds is 3. The molecule has 0 aliphatic rings. The number of nitrogens with zero attached hydrogens (tertiary/aromatic N) is 1. The van der Waals surface area contributed by atoms with Gasteiger partial charge in [0.15, 0.2) is 0 Å². The van der Waals surface area contributed by atoms with Crippen molar-refractivity contribution in [3.8, 4) is 5.75 Å². The highest BCUT2D eigenvalue weighted by Crippen LogP contribution is 2.32. The van der Waals surface area contributed by atoms with Crippen molar-refractivity contribution >= 4 is 7.82 Å². The van der Waals surface area contributed by atoms with Gasteiger partial charge in [0.2, 0.25) is 0 Å². The van der Waals surface area contributed by atoms with Crippen LogP contribution in [0.1, 0.15) is 16.8 Å². The third-order valence-electron chi connectivity index (χ3n) is 1.95. The Kier molecular flexibility index (Phi) is 3.46. The van der Waals surface area contributed by atoms with E-state index in [1.54, 1.807) is 13.8 Å². The van der Waals surface area contributed by atoms with Gasteiger partial charge in [0, 0.05) is 11.9 Å². The fourth-order valence-electron chi connectivity index (χ4n) is 1.04. The Morgan fingerprint density at radius 2 is 2.20 bits per heavy atom. The predicted octanol–water partition coefficient (Wildman–Crippen LogP) is -0.251. The van der Waals surface area contributed by atoms with Crippen LogP contribution in [0.3, 0.4) is 0 Å². The predicted molar refractivity (Wildman–Crippen MR) is 47.8 cm³/mol. The van der Waals surface area contributed by atoms with E-state index in [0.717, 1.165) is 0 Å². The number of phosphoric ester groups is 1. The minimum absolute atomic E-state index is 0.255. The first-order valence-electron chi connectivity index (χ1n) is 4.11. The fraction of sp³-hybridized carbons (Fsp3) is 0.375. The monoisotopic (exact) mass is 231 g/mol. The topological polar surface area (TPSA) is 106 Å². The van der Waals surface area contributed by atoms with Crippen LogP contribution < -0.4 is 10.00 Å². The van der Waals surface area contributed by atoms with E-state index in [1.807, 2.05) is 0 Å². The maximum Gasteiger partial charge on any atom is 0.265 e. The molecule has 15 heavy (non-hydrogen) atoms. The number of aromatic nitrogens is 1. The summed E-state index contributed by atoms with van der Waals surface area (Å²) in [5, 5.41) is 11.4. The third-order valence-corrected chi connectivity index (χ3v) is 2.40. The van der Waals surface area contributed by atoms with Gasteiger partial charge < -0.3 is 19.4 Å². The number of phosphoric acid groups is 1. The maximum absolute atomic E-state index is 11.4. The van der Waals surface area contributed by atoms with E-state index in [0.29, 0.717) is 16.8 Å². The lowest BCUT2D eigenvalue weighted by molar-refractivity contribution is -0.270. The zero-order chi connectivity index (χ0) is 11.6. The molecular formula is C8H10NO5P-2. The number of hydrogen-bond acceptors (Lipinski definition) is 5. The molecule has 0 aliphatic heterocycles. The summed E-state index contributed by atoms with van der Waals surface area (Å²) in [5.74, 6) is -0.255. The average Bonchev–Trinajstić information content (AvgIpc) is 2.12. The van der Waals surface area contributed by atoms with E-state index in [2.05, 4.69) is 9.51 Å². The van der Waals surface area contributed by atoms with Gasteiger partial charge in [-0.25, -0.2) is 0 Å². The highest BCUT2D eigenvalue weighted by molar-refractivity contribution is 7.44. The van der Waals surface area contributed by atoms with Gasteiger partial charge in [-0.05, 0) is 19.4 Å². The van der Waals surface area contributed by atoms with Gasteiger partial charge in [0.1, 0.15) is 0 Å². The van der Waals surface area contributed by atoms with Gasteiger partial charge in [0.05, 0.1) is 6.61 Å². The molecule has 0 amide bonds. The van der Waals surface area contributed by atoms with Gasteiger partial charge in [-0.15, -0.1) is 0 Å². The van der Waals surface area contributed by atoms with Gasteiger partial charge in [-0.3, -0.25) is 9.55 Å². The van der Waals surface area contributed by atoms with E-state index in [-0.39, 0.29) is 12.4 Å². The first-order chi connectivity index (χ1) is 6.81. The Bertz CT molecular complexity index is 414. The Balaban J connectivity index is 2.88. The molecule has 1 N–H and O–H groups in total. The summed E-state index contributed by atoms with van der Waals surface area (Å²) >= 11 is 0. The molecule has 0 radical (unpaired) electrons. The molecule has 6 nitrogen and oxygen atoms in total. The molecule has 0 fully saturated rings. The fourth-order valence-corrected chi connectivity index (χ4v) is 1.35. The molecule has 0 bridgehead atoms. The van der Waals surface area contributed by atoms with Crippen molar-refractivity contribution in [2.75, 3.05) is 0 Å². The third kappa shape index (κ3) is 3.28. The van der Waals surface area contributed by atoms with Crippen LogP contribution in [-0.4, -0.2) is 9.88 Å². The molecule has 1 aromatic rings. The van der Waals surface area contributed by atoms with Crippen molar-refractivity contribution in [1.82, 2.24) is 4.98 Å². The molecule has 84 valence electrons. The van der Waals surface area contributed by atoms with Crippen molar-refractivity contribution in [2.45, 2.75) is 20.5 Å². The molecule has 0 aromatic carbocycles. The van der Waals surface area contributed by atoms with E-state index < -0.39 is 7.82 Å². The lowest BCUT2D eigenvalue weighted by Gasteiger charge is -2.19. The van der Waals surface area contributed by atoms with Gasteiger partial charge in [0.25, 0.3) is 7.82 Å².